The van der Waals surface area contributed by atoms with E-state index in [1.165, 1.54) is 23.1 Å². The van der Waals surface area contributed by atoms with Gasteiger partial charge in [0.15, 0.2) is 0 Å². The summed E-state index contributed by atoms with van der Waals surface area (Å²) in [5, 5.41) is 11.8. The molecule has 5 aromatic carbocycles. The molecule has 352 valence electrons. The molecule has 0 N–H and O–H groups in total. The maximum Gasteiger partial charge on any atom is 0.328 e. The molecule has 13 nitrogen and oxygen atoms in total. The topological polar surface area (TPSA) is 157 Å². The van der Waals surface area contributed by atoms with Gasteiger partial charge in [0.1, 0.15) is 28.4 Å². The van der Waals surface area contributed by atoms with E-state index in [2.05, 4.69) is 63.8 Å². The molecule has 15 heteroatoms. The largest absolute Gasteiger partial charge is 0.464 e. The molecule has 1 saturated heterocycles. The summed E-state index contributed by atoms with van der Waals surface area (Å²) >= 11 is 3.50. The number of amides is 1. The highest BCUT2D eigenvalue weighted by Crippen LogP contribution is 2.46. The number of amidine groups is 1. The quantitative estimate of drug-likeness (QED) is 0.0401. The van der Waals surface area contributed by atoms with Gasteiger partial charge in [0.25, 0.3) is 15.7 Å². The maximum absolute atomic E-state index is 15.4. The number of benzene rings is 5. The number of rotatable bonds is 16. The highest BCUT2D eigenvalue weighted by Gasteiger charge is 2.47. The molecule has 2 aliphatic rings. The molecule has 68 heavy (non-hydrogen) atoms. The smallest absolute Gasteiger partial charge is 0.328 e. The number of hydrogen-bond acceptors (Lipinski definition) is 9. The van der Waals surface area contributed by atoms with E-state index >= 15 is 13.2 Å². The van der Waals surface area contributed by atoms with Crippen LogP contribution >= 0.6 is 15.9 Å². The lowest BCUT2D eigenvalue weighted by atomic mass is 9.76. The maximum atomic E-state index is 15.4. The van der Waals surface area contributed by atoms with Crippen LogP contribution in [0.4, 0.5) is 11.4 Å². The van der Waals surface area contributed by atoms with E-state index in [1.807, 2.05) is 67.8 Å². The van der Waals surface area contributed by atoms with Gasteiger partial charge in [-0.25, -0.2) is 27.5 Å². The number of nitrogens with zero attached hydrogens (tertiary/aromatic N) is 6. The van der Waals surface area contributed by atoms with Crippen LogP contribution in [-0.2, 0) is 36.3 Å². The van der Waals surface area contributed by atoms with Crippen LogP contribution < -0.4 is 0 Å². The van der Waals surface area contributed by atoms with Gasteiger partial charge in [0.2, 0.25) is 5.91 Å². The Morgan fingerprint density at radius 2 is 1.53 bits per heavy atom. The molecule has 0 spiro atoms. The van der Waals surface area contributed by atoms with E-state index in [-0.39, 0.29) is 54.0 Å². The summed E-state index contributed by atoms with van der Waals surface area (Å²) in [4.78, 5) is 51.8. The van der Waals surface area contributed by atoms with Crippen molar-refractivity contribution in [1.29, 1.82) is 0 Å². The fourth-order valence-corrected chi connectivity index (χ4v) is 12.5. The first-order valence-electron chi connectivity index (χ1n) is 23.2. The normalized spacial score (nSPS) is 17.2. The van der Waals surface area contributed by atoms with Crippen LogP contribution in [0, 0.1) is 23.0 Å². The Morgan fingerprint density at radius 3 is 2.10 bits per heavy atom. The summed E-state index contributed by atoms with van der Waals surface area (Å²) in [7, 11) is -4.52. The van der Waals surface area contributed by atoms with E-state index in [4.69, 9.17) is 14.7 Å². The van der Waals surface area contributed by atoms with Gasteiger partial charge in [-0.1, -0.05) is 139 Å². The predicted molar refractivity (Wildman–Crippen MR) is 266 cm³/mol. The first-order valence-corrected chi connectivity index (χ1v) is 25.5. The molecule has 2 aliphatic heterocycles. The molecule has 6 aromatic rings. The van der Waals surface area contributed by atoms with Crippen LogP contribution in [0.3, 0.4) is 0 Å². The molecular formula is C53H55BrN6O7S. The average Bonchev–Trinajstić information content (AvgIpc) is 3.73. The van der Waals surface area contributed by atoms with Crippen molar-refractivity contribution in [3.05, 3.63) is 176 Å². The fourth-order valence-electron chi connectivity index (χ4n) is 10.0. The van der Waals surface area contributed by atoms with E-state index in [9.17, 15) is 14.9 Å². The van der Waals surface area contributed by atoms with Gasteiger partial charge < -0.3 is 14.2 Å². The number of carbonyl (C=O) groups excluding carboxylic acids is 2. The molecule has 0 unspecified atom stereocenters. The molecule has 1 amide bonds. The Kier molecular flexibility index (Phi) is 14.4. The molecule has 0 radical (unpaired) electrons. The standard InChI is InChI=1S/C53H55BrN6O7S/c1-5-37-29-30-57(47(31-37)52(62)67-7-3)51(61)46(59-49(6-2)56-50-44(33-42(54)34-48(50)68(59,65)66)38-19-17-26-43(32-38)60(63)64)28-18-27-45-36(4)58(35-55-45)53(39-20-11-8-12-21-39,40-22-13-9-14-23-40)41-24-15-10-16-25-41/h8-17,19-26,32-35,37,46-47H,5-7,18,27-31H2,1-4H3/t37-,46+,47-/m0/s1. The number of imidazole rings is 1. The molecule has 0 bridgehead atoms. The van der Waals surface area contributed by atoms with E-state index in [0.717, 1.165) is 38.8 Å². The van der Waals surface area contributed by atoms with Crippen molar-refractivity contribution in [3.63, 3.8) is 0 Å². The van der Waals surface area contributed by atoms with Gasteiger partial charge in [-0.2, -0.15) is 0 Å². The zero-order chi connectivity index (χ0) is 48.2. The number of fused-ring (bicyclic) bond motifs is 1. The van der Waals surface area contributed by atoms with Crippen molar-refractivity contribution < 1.29 is 27.7 Å². The summed E-state index contributed by atoms with van der Waals surface area (Å²) in [5.74, 6) is -0.694. The van der Waals surface area contributed by atoms with E-state index in [1.54, 1.807) is 32.0 Å². The number of esters is 1. The molecular weight excluding hydrogens is 945 g/mol. The van der Waals surface area contributed by atoms with Gasteiger partial charge in [-0.15, -0.1) is 0 Å². The lowest BCUT2D eigenvalue weighted by molar-refractivity contribution is -0.384. The number of carbonyl (C=O) groups is 2. The molecule has 3 heterocycles. The molecule has 3 atom stereocenters. The molecule has 0 saturated carbocycles. The number of piperidine rings is 1. The number of aromatic nitrogens is 2. The van der Waals surface area contributed by atoms with Gasteiger partial charge in [-0.05, 0) is 86.3 Å². The Hall–Kier alpha value is -6.45. The summed E-state index contributed by atoms with van der Waals surface area (Å²) in [6.07, 6.45) is 4.71. The highest BCUT2D eigenvalue weighted by molar-refractivity contribution is 9.10. The van der Waals surface area contributed by atoms with Gasteiger partial charge >= 0.3 is 5.97 Å². The van der Waals surface area contributed by atoms with Crippen LogP contribution in [-0.4, -0.2) is 75.0 Å². The van der Waals surface area contributed by atoms with Crippen LogP contribution in [0.5, 0.6) is 0 Å². The van der Waals surface area contributed by atoms with Gasteiger partial charge in [0, 0.05) is 40.8 Å². The van der Waals surface area contributed by atoms with Crippen LogP contribution in [0.25, 0.3) is 11.1 Å². The zero-order valence-corrected chi connectivity index (χ0v) is 41.0. The molecule has 1 fully saturated rings. The molecule has 0 aliphatic carbocycles. The second-order valence-corrected chi connectivity index (χ2v) is 20.0. The highest BCUT2D eigenvalue weighted by atomic mass is 79.9. The molecule has 8 rings (SSSR count). The predicted octanol–water partition coefficient (Wildman–Crippen LogP) is 10.8. The van der Waals surface area contributed by atoms with Gasteiger partial charge in [-0.3, -0.25) is 14.9 Å². The van der Waals surface area contributed by atoms with Crippen molar-refractivity contribution >= 4 is 55.0 Å². The lowest BCUT2D eigenvalue weighted by Crippen LogP contribution is -2.59. The summed E-state index contributed by atoms with van der Waals surface area (Å²) in [6, 6.07) is 37.9. The Balaban J connectivity index is 1.21. The Morgan fingerprint density at radius 1 is 0.897 bits per heavy atom. The van der Waals surface area contributed by atoms with E-state index < -0.39 is 44.4 Å². The number of nitro groups is 1. The van der Waals surface area contributed by atoms with Crippen LogP contribution in [0.15, 0.2) is 148 Å². The minimum absolute atomic E-state index is 0.0783. The second-order valence-electron chi connectivity index (χ2n) is 17.3. The number of halogens is 1. The number of ether oxygens (including phenoxy) is 1. The second kappa shape index (κ2) is 20.4. The minimum Gasteiger partial charge on any atom is -0.464 e. The number of likely N-dealkylation sites (tertiary alicyclic amines) is 1. The number of hydrogen-bond donors (Lipinski definition) is 0. The van der Waals surface area contributed by atoms with Crippen molar-refractivity contribution in [3.8, 4) is 11.1 Å². The number of aryl methyl sites for hydroxylation is 1. The third kappa shape index (κ3) is 9.01. The third-order valence-electron chi connectivity index (χ3n) is 13.4. The average molecular weight is 1000 g/mol. The Bertz CT molecular complexity index is 2850. The first-order chi connectivity index (χ1) is 32.8. The van der Waals surface area contributed by atoms with Gasteiger partial charge in [0.05, 0.1) is 29.2 Å². The van der Waals surface area contributed by atoms with Crippen molar-refractivity contribution in [2.75, 3.05) is 13.2 Å². The summed E-state index contributed by atoms with van der Waals surface area (Å²) in [6.45, 7) is 8.00. The summed E-state index contributed by atoms with van der Waals surface area (Å²) in [5.41, 5.74) is 4.78. The zero-order valence-electron chi connectivity index (χ0n) is 38.6. The lowest BCUT2D eigenvalue weighted by Gasteiger charge is -2.42. The summed E-state index contributed by atoms with van der Waals surface area (Å²) < 4.78 is 40.1. The number of non-ortho nitro benzene ring substituents is 1. The molecule has 1 aromatic heterocycles. The number of nitro benzene ring substituents is 1. The van der Waals surface area contributed by atoms with Crippen molar-refractivity contribution in [2.45, 2.75) is 95.2 Å². The Labute approximate surface area is 406 Å². The SMILES string of the molecule is CCOC(=O)[C@@H]1C[C@@H](CC)CCN1C(=O)[C@@H](CCCc1ncn(C(c2ccccc2)(c2ccccc2)c2ccccc2)c1C)N1C(CC)=Nc2c(-c3cccc([N+](=O)[O-])c3)cc(Br)cc2S1(=O)=O. The first kappa shape index (κ1) is 48.0. The van der Waals surface area contributed by atoms with Crippen molar-refractivity contribution in [2.24, 2.45) is 10.9 Å². The monoisotopic (exact) mass is 998 g/mol. The third-order valence-corrected chi connectivity index (χ3v) is 15.7. The van der Waals surface area contributed by atoms with Crippen molar-refractivity contribution in [1.82, 2.24) is 18.8 Å². The number of aliphatic imine (C=N–C) groups is 1. The minimum atomic E-state index is -4.52. The number of sulfonamides is 1. The van der Waals surface area contributed by atoms with E-state index in [0.29, 0.717) is 41.3 Å². The van der Waals surface area contributed by atoms with Crippen LogP contribution in [0.2, 0.25) is 0 Å². The van der Waals surface area contributed by atoms with Crippen LogP contribution in [0.1, 0.15) is 87.4 Å². The fraction of sp³-hybridized carbons (Fsp3) is 0.321.